The van der Waals surface area contributed by atoms with Gasteiger partial charge in [0, 0.05) is 15.7 Å². The van der Waals surface area contributed by atoms with Crippen LogP contribution in [0.5, 0.6) is 0 Å². The van der Waals surface area contributed by atoms with Gasteiger partial charge in [0.2, 0.25) is 0 Å². The smallest absolute Gasteiger partial charge is 0.0852 e. The lowest BCUT2D eigenvalue weighted by molar-refractivity contribution is 0.0550. The fourth-order valence-corrected chi connectivity index (χ4v) is 3.47. The summed E-state index contributed by atoms with van der Waals surface area (Å²) in [7, 11) is -1.23. The van der Waals surface area contributed by atoms with Gasteiger partial charge in [-0.15, -0.1) is 0 Å². The second-order valence-corrected chi connectivity index (χ2v) is 7.44. The van der Waals surface area contributed by atoms with Crippen LogP contribution in [-0.2, 0) is 10.8 Å². The van der Waals surface area contributed by atoms with Crippen LogP contribution in [0.25, 0.3) is 0 Å². The maximum absolute atomic E-state index is 12.8. The summed E-state index contributed by atoms with van der Waals surface area (Å²) in [6.45, 7) is 7.54. The summed E-state index contributed by atoms with van der Waals surface area (Å²) in [5, 5.41) is 10.3. The predicted molar refractivity (Wildman–Crippen MR) is 87.0 cm³/mol. The Balaban J connectivity index is 2.45. The Morgan fingerprint density at radius 1 is 1.05 bits per heavy atom. The van der Waals surface area contributed by atoms with E-state index in [1.807, 2.05) is 62.4 Å². The monoisotopic (exact) mass is 302 g/mol. The van der Waals surface area contributed by atoms with Crippen LogP contribution in [0.15, 0.2) is 58.3 Å². The van der Waals surface area contributed by atoms with Gasteiger partial charge in [0.05, 0.1) is 16.4 Å². The van der Waals surface area contributed by atoms with Crippen molar-refractivity contribution in [3.05, 3.63) is 59.7 Å². The van der Waals surface area contributed by atoms with Crippen molar-refractivity contribution >= 4 is 10.8 Å². The Hall–Kier alpha value is -1.45. The van der Waals surface area contributed by atoms with Crippen LogP contribution in [0.4, 0.5) is 0 Å². The lowest BCUT2D eigenvalue weighted by Gasteiger charge is -2.27. The third-order valence-electron chi connectivity index (χ3n) is 3.88. The van der Waals surface area contributed by atoms with Crippen molar-refractivity contribution in [1.82, 2.24) is 0 Å². The van der Waals surface area contributed by atoms with E-state index in [4.69, 9.17) is 0 Å². The molecule has 0 aromatic heterocycles. The summed E-state index contributed by atoms with van der Waals surface area (Å²) in [5.74, 6) is -0.0944. The number of benzene rings is 2. The van der Waals surface area contributed by atoms with Crippen molar-refractivity contribution < 1.29 is 9.32 Å². The fraction of sp³-hybridized carbons (Fsp3) is 0.333. The first-order valence-corrected chi connectivity index (χ1v) is 8.25. The Kier molecular flexibility index (Phi) is 4.64. The van der Waals surface area contributed by atoms with Crippen molar-refractivity contribution in [2.75, 3.05) is 0 Å². The number of rotatable bonds is 4. The minimum absolute atomic E-state index is 0.0944. The second-order valence-electron chi connectivity index (χ2n) is 5.99. The van der Waals surface area contributed by atoms with Crippen molar-refractivity contribution in [2.45, 2.75) is 49.0 Å². The molecule has 0 radical (unpaired) electrons. The number of hydrogen-bond donors (Lipinski definition) is 1. The Labute approximate surface area is 129 Å². The highest BCUT2D eigenvalue weighted by Crippen LogP contribution is 2.32. The second kappa shape index (κ2) is 6.12. The normalized spacial score (nSPS) is 14.7. The van der Waals surface area contributed by atoms with Gasteiger partial charge in [-0.05, 0) is 44.5 Å². The third-order valence-corrected chi connectivity index (χ3v) is 5.35. The first-order valence-electron chi connectivity index (χ1n) is 7.10. The molecule has 3 heteroatoms. The molecule has 2 rings (SSSR count). The zero-order valence-electron chi connectivity index (χ0n) is 13.0. The summed E-state index contributed by atoms with van der Waals surface area (Å²) < 4.78 is 12.8. The van der Waals surface area contributed by atoms with E-state index >= 15 is 0 Å². The van der Waals surface area contributed by atoms with Crippen molar-refractivity contribution in [1.29, 1.82) is 0 Å². The molecule has 0 amide bonds. The zero-order chi connectivity index (χ0) is 15.6. The van der Waals surface area contributed by atoms with Gasteiger partial charge in [-0.25, -0.2) is 4.21 Å². The van der Waals surface area contributed by atoms with E-state index in [9.17, 15) is 9.32 Å². The molecule has 0 unspecified atom stereocenters. The summed E-state index contributed by atoms with van der Waals surface area (Å²) in [5.41, 5.74) is 1.23. The van der Waals surface area contributed by atoms with E-state index < -0.39 is 16.4 Å². The average Bonchev–Trinajstić information content (AvgIpc) is 2.45. The van der Waals surface area contributed by atoms with Crippen LogP contribution < -0.4 is 0 Å². The van der Waals surface area contributed by atoms with E-state index in [1.165, 1.54) is 0 Å². The molecule has 0 heterocycles. The van der Waals surface area contributed by atoms with Crippen LogP contribution in [-0.4, -0.2) is 14.9 Å². The number of aryl methyl sites for hydroxylation is 1. The summed E-state index contributed by atoms with van der Waals surface area (Å²) in [6, 6.07) is 15.4. The lowest BCUT2D eigenvalue weighted by Crippen LogP contribution is -2.27. The van der Waals surface area contributed by atoms with Crippen molar-refractivity contribution in [2.24, 2.45) is 0 Å². The number of hydrogen-bond acceptors (Lipinski definition) is 2. The predicted octanol–water partition coefficient (Wildman–Crippen LogP) is 4.04. The molecule has 2 nitrogen and oxygen atoms in total. The van der Waals surface area contributed by atoms with Crippen LogP contribution in [0.1, 0.15) is 37.8 Å². The van der Waals surface area contributed by atoms with Crippen molar-refractivity contribution in [3.8, 4) is 0 Å². The quantitative estimate of drug-likeness (QED) is 0.925. The van der Waals surface area contributed by atoms with E-state index in [0.717, 1.165) is 20.9 Å². The van der Waals surface area contributed by atoms with Crippen LogP contribution in [0, 0.1) is 6.92 Å². The SMILES string of the molecule is Cc1ccc([S@](=O)c2ccccc2[C@H](C)C(C)(C)O)cc1. The van der Waals surface area contributed by atoms with Gasteiger partial charge in [-0.1, -0.05) is 42.8 Å². The van der Waals surface area contributed by atoms with Gasteiger partial charge in [-0.3, -0.25) is 0 Å². The van der Waals surface area contributed by atoms with Crippen molar-refractivity contribution in [3.63, 3.8) is 0 Å². The fourth-order valence-electron chi connectivity index (χ4n) is 2.18. The standard InChI is InChI=1S/C18H22O2S/c1-13-9-11-15(12-10-13)21(20)17-8-6-5-7-16(17)14(2)18(3,4)19/h5-12,14,19H,1-4H3/t14-,21-/m0/s1. The highest BCUT2D eigenvalue weighted by molar-refractivity contribution is 7.85. The van der Waals surface area contributed by atoms with E-state index in [-0.39, 0.29) is 5.92 Å². The van der Waals surface area contributed by atoms with Gasteiger partial charge in [0.15, 0.2) is 0 Å². The largest absolute Gasteiger partial charge is 0.390 e. The minimum Gasteiger partial charge on any atom is -0.390 e. The topological polar surface area (TPSA) is 37.3 Å². The molecule has 2 aromatic carbocycles. The Bertz CT molecular complexity index is 639. The molecular weight excluding hydrogens is 280 g/mol. The van der Waals surface area contributed by atoms with E-state index in [1.54, 1.807) is 13.8 Å². The molecule has 21 heavy (non-hydrogen) atoms. The summed E-state index contributed by atoms with van der Waals surface area (Å²) in [6.07, 6.45) is 0. The molecule has 0 saturated carbocycles. The average molecular weight is 302 g/mol. The molecule has 0 aliphatic rings. The highest BCUT2D eigenvalue weighted by atomic mass is 32.2. The summed E-state index contributed by atoms with van der Waals surface area (Å²) >= 11 is 0. The molecule has 0 bridgehead atoms. The van der Waals surface area contributed by atoms with Crippen LogP contribution >= 0.6 is 0 Å². The molecular formula is C18H22O2S. The van der Waals surface area contributed by atoms with Crippen LogP contribution in [0.3, 0.4) is 0 Å². The van der Waals surface area contributed by atoms with Gasteiger partial charge in [-0.2, -0.15) is 0 Å². The minimum atomic E-state index is -1.23. The first-order chi connectivity index (χ1) is 9.80. The number of aliphatic hydroxyl groups is 1. The molecule has 2 atom stereocenters. The molecule has 0 saturated heterocycles. The highest BCUT2D eigenvalue weighted by Gasteiger charge is 2.27. The van der Waals surface area contributed by atoms with Crippen LogP contribution in [0.2, 0.25) is 0 Å². The first kappa shape index (κ1) is 15.9. The molecule has 0 aliphatic heterocycles. The third kappa shape index (κ3) is 3.60. The molecule has 0 aliphatic carbocycles. The van der Waals surface area contributed by atoms with Gasteiger partial charge >= 0.3 is 0 Å². The molecule has 0 fully saturated rings. The Morgan fingerprint density at radius 2 is 1.62 bits per heavy atom. The molecule has 112 valence electrons. The molecule has 1 N–H and O–H groups in total. The maximum Gasteiger partial charge on any atom is 0.0852 e. The van der Waals surface area contributed by atoms with E-state index in [2.05, 4.69) is 0 Å². The zero-order valence-corrected chi connectivity index (χ0v) is 13.8. The Morgan fingerprint density at radius 3 is 2.19 bits per heavy atom. The summed E-state index contributed by atoms with van der Waals surface area (Å²) in [4.78, 5) is 1.56. The maximum atomic E-state index is 12.8. The lowest BCUT2D eigenvalue weighted by atomic mass is 9.86. The molecule has 0 spiro atoms. The molecule has 2 aromatic rings. The van der Waals surface area contributed by atoms with Gasteiger partial charge in [0.25, 0.3) is 0 Å². The van der Waals surface area contributed by atoms with E-state index in [0.29, 0.717) is 0 Å². The van der Waals surface area contributed by atoms with Gasteiger partial charge in [0.1, 0.15) is 0 Å². The van der Waals surface area contributed by atoms with Gasteiger partial charge < -0.3 is 5.11 Å².